The first kappa shape index (κ1) is 126. The second-order valence-electron chi connectivity index (χ2n) is 44.4. The van der Waals surface area contributed by atoms with E-state index in [1.807, 2.05) is 145 Å². The standard InChI is InChI=1S/C21H30O6.C12H18.2C11H18O4.C9H16O2.C7H12O2.2C7H14O2.C7H12.2C6H8O4.4CH4/c1-4-19(2,3)17(23)27-21-10-13-7-14(11-21)9-20(8-13,12-21)18(24)26-15-5-6-25-16(15)22;1-2-8-5-7(1)11-9-3-4-10(6-9)12(8)11;1-4-11(2,3)10(13)15-7-8-5-6-14-9(8)12;1-4-11(2,3)10(13)15-8-6-5-7-14-9(8)12;1-5-9(4)6-8(2,3)11-7(9)10;1-3-7(2)4-5-9-6(7)8;2*1-5-7(2,3)6(8)9-4;1-2-7-4-3-6(1)5-7;2*1-4(7)10-5-2-3-9-6(5)8;;;;/h13-15H,4-12H2,1-3H3;7-12H,1-6H2;2*8H,4-7H2,1-3H3;5-6H2,1-4H3;3-5H2,1-2H3;2*5H2,1-4H3;6-7H,1-5H2;2*5H,2-3H2,1H3;4*1H4. The van der Waals surface area contributed by atoms with E-state index in [0.29, 0.717) is 103 Å². The fourth-order valence-electron chi connectivity index (χ4n) is 21.0. The Morgan fingerprint density at radius 3 is 1.02 bits per heavy atom. The Kier molecular flexibility index (Phi) is 50.3. The third-order valence-electron chi connectivity index (χ3n) is 31.6. The third kappa shape index (κ3) is 35.3. The van der Waals surface area contributed by atoms with Crippen LogP contribution in [0.5, 0.6) is 0 Å². The van der Waals surface area contributed by atoms with Crippen LogP contribution in [0.4, 0.5) is 0 Å². The Bertz CT molecular complexity index is 3840. The van der Waals surface area contributed by atoms with Gasteiger partial charge < -0.3 is 71.1 Å². The highest BCUT2D eigenvalue weighted by molar-refractivity contribution is 5.86. The maximum atomic E-state index is 13.1. The fraction of sp³-hybridized carbons (Fsp3) is 0.861. The largest absolute Gasteiger partial charge is 0.469 e. The number of rotatable bonds is 20. The van der Waals surface area contributed by atoms with E-state index in [-0.39, 0.29) is 123 Å². The van der Waals surface area contributed by atoms with Gasteiger partial charge in [0.05, 0.1) is 103 Å². The van der Waals surface area contributed by atoms with Crippen molar-refractivity contribution in [3.63, 3.8) is 0 Å². The lowest BCUT2D eigenvalue weighted by Crippen LogP contribution is -2.60. The van der Waals surface area contributed by atoms with Crippen molar-refractivity contribution in [1.82, 2.24) is 0 Å². The Morgan fingerprint density at radius 2 is 0.725 bits per heavy atom. The summed E-state index contributed by atoms with van der Waals surface area (Å²) in [5.74, 6) is 5.90. The Balaban J connectivity index is 0.000000524. The summed E-state index contributed by atoms with van der Waals surface area (Å²) in [6.07, 6.45) is 30.3. The van der Waals surface area contributed by atoms with E-state index >= 15 is 0 Å². The van der Waals surface area contributed by atoms with Gasteiger partial charge in [0.2, 0.25) is 18.3 Å². The van der Waals surface area contributed by atoms with E-state index < -0.39 is 87.5 Å². The number of methoxy groups -OCH3 is 2. The molecule has 0 N–H and O–H groups in total. The molecule has 10 aliphatic carbocycles. The van der Waals surface area contributed by atoms with Crippen molar-refractivity contribution < 1.29 is 143 Å². The number of carbonyl (C=O) groups excluding carboxylic acids is 15. The first-order valence-corrected chi connectivity index (χ1v) is 50.1. The summed E-state index contributed by atoms with van der Waals surface area (Å²) in [5, 5.41) is 0. The summed E-state index contributed by atoms with van der Waals surface area (Å²) in [6.45, 7) is 45.5. The van der Waals surface area contributed by atoms with Gasteiger partial charge in [-0.3, -0.25) is 52.7 Å². The normalized spacial score (nSPS) is 30.7. The van der Waals surface area contributed by atoms with Gasteiger partial charge in [0.25, 0.3) is 0 Å². The quantitative estimate of drug-likeness (QED) is 0.0620. The summed E-state index contributed by atoms with van der Waals surface area (Å²) < 4.78 is 74.0. The zero-order chi connectivity index (χ0) is 101. The van der Waals surface area contributed by atoms with Gasteiger partial charge in [0.15, 0.2) is 6.10 Å². The van der Waals surface area contributed by atoms with Crippen LogP contribution in [0.1, 0.15) is 394 Å². The second-order valence-corrected chi connectivity index (χ2v) is 44.4. The zero-order valence-electron chi connectivity index (χ0n) is 86.0. The summed E-state index contributed by atoms with van der Waals surface area (Å²) in [4.78, 5) is 169. The number of hydrogen-bond donors (Lipinski definition) is 0. The molecule has 0 aromatic rings. The Hall–Kier alpha value is -7.95. The van der Waals surface area contributed by atoms with Crippen molar-refractivity contribution in [3.8, 4) is 0 Å². The molecule has 0 spiro atoms. The molecular formula is C108H184O30. The zero-order valence-corrected chi connectivity index (χ0v) is 86.0. The molecule has 0 aromatic heterocycles. The highest BCUT2D eigenvalue weighted by atomic mass is 16.6. The van der Waals surface area contributed by atoms with E-state index in [2.05, 4.69) is 28.4 Å². The highest BCUT2D eigenvalue weighted by Crippen LogP contribution is 2.68. The molecule has 30 nitrogen and oxygen atoms in total. The van der Waals surface area contributed by atoms with E-state index in [1.165, 1.54) is 75.4 Å². The minimum Gasteiger partial charge on any atom is -0.469 e. The van der Waals surface area contributed by atoms with Crippen LogP contribution in [0.15, 0.2) is 0 Å². The van der Waals surface area contributed by atoms with Crippen molar-refractivity contribution in [2.45, 2.75) is 430 Å². The van der Waals surface area contributed by atoms with Gasteiger partial charge >= 0.3 is 89.5 Å². The van der Waals surface area contributed by atoms with Crippen LogP contribution >= 0.6 is 0 Å². The lowest BCUT2D eigenvalue weighted by atomic mass is 9.48. The van der Waals surface area contributed by atoms with Crippen LogP contribution in [0.2, 0.25) is 0 Å². The summed E-state index contributed by atoms with van der Waals surface area (Å²) in [5.41, 5.74) is -3.97. The summed E-state index contributed by atoms with van der Waals surface area (Å²) in [6, 6.07) is 0. The Labute approximate surface area is 827 Å². The molecule has 17 fully saturated rings. The lowest BCUT2D eigenvalue weighted by molar-refractivity contribution is -0.219. The number of hydrogen-bond acceptors (Lipinski definition) is 30. The predicted octanol–water partition coefficient (Wildman–Crippen LogP) is 20.6. The molecule has 13 unspecified atom stereocenters. The van der Waals surface area contributed by atoms with Gasteiger partial charge in [0, 0.05) is 46.0 Å². The summed E-state index contributed by atoms with van der Waals surface area (Å²) in [7, 11) is 2.83. The molecule has 7 heterocycles. The molecular weight excluding hydrogens is 1780 g/mol. The average molecular weight is 1960 g/mol. The Morgan fingerprint density at radius 1 is 0.362 bits per heavy atom. The van der Waals surface area contributed by atoms with Gasteiger partial charge in [-0.1, -0.05) is 104 Å². The number of fused-ring (bicyclic) bond motifs is 11. The minimum atomic E-state index is -0.775. The molecule has 0 amide bonds. The second kappa shape index (κ2) is 55.1. The van der Waals surface area contributed by atoms with Crippen molar-refractivity contribution in [2.24, 2.45) is 108 Å². The number of carbonyl (C=O) groups is 15. The van der Waals surface area contributed by atoms with Gasteiger partial charge in [-0.15, -0.1) is 0 Å². The molecule has 0 radical (unpaired) electrons. The molecule has 30 heteroatoms. The van der Waals surface area contributed by atoms with Crippen LogP contribution in [0, 0.1) is 108 Å². The molecule has 10 bridgehead atoms. The number of cyclic esters (lactones) is 7. The topological polar surface area (TPSA) is 394 Å². The van der Waals surface area contributed by atoms with E-state index in [1.54, 1.807) is 70.6 Å². The maximum absolute atomic E-state index is 13.1. The minimum absolute atomic E-state index is 0. The number of ether oxygens (including phenoxy) is 15. The molecule has 7 aliphatic heterocycles. The van der Waals surface area contributed by atoms with Crippen molar-refractivity contribution >= 4 is 89.5 Å². The molecule has 138 heavy (non-hydrogen) atoms. The van der Waals surface area contributed by atoms with Gasteiger partial charge in [-0.25, -0.2) is 19.2 Å². The van der Waals surface area contributed by atoms with E-state index in [0.717, 1.165) is 83.5 Å². The monoisotopic (exact) mass is 1960 g/mol. The molecule has 17 rings (SSSR count). The first-order valence-electron chi connectivity index (χ1n) is 50.1. The van der Waals surface area contributed by atoms with Crippen LogP contribution in [0.3, 0.4) is 0 Å². The maximum Gasteiger partial charge on any atom is 0.347 e. The number of esters is 15. The summed E-state index contributed by atoms with van der Waals surface area (Å²) >= 11 is 0. The van der Waals surface area contributed by atoms with Crippen LogP contribution in [0.25, 0.3) is 0 Å². The first-order chi connectivity index (χ1) is 62.6. The third-order valence-corrected chi connectivity index (χ3v) is 31.6. The van der Waals surface area contributed by atoms with E-state index in [9.17, 15) is 71.9 Å². The average Bonchev–Trinajstić information content (AvgIpc) is 0.902. The molecule has 7 saturated heterocycles. The van der Waals surface area contributed by atoms with Gasteiger partial charge in [-0.2, -0.15) is 0 Å². The molecule has 10 saturated carbocycles. The van der Waals surface area contributed by atoms with Crippen LogP contribution in [-0.2, 0) is 143 Å². The predicted molar refractivity (Wildman–Crippen MR) is 521 cm³/mol. The van der Waals surface area contributed by atoms with Gasteiger partial charge in [-0.05, 0) is 304 Å². The van der Waals surface area contributed by atoms with E-state index in [4.69, 9.17) is 42.6 Å². The molecule has 17 aliphatic rings. The fourth-order valence-corrected chi connectivity index (χ4v) is 21.0. The highest BCUT2D eigenvalue weighted by Gasteiger charge is 2.65. The molecule has 796 valence electrons. The molecule has 13 atom stereocenters. The van der Waals surface area contributed by atoms with Crippen LogP contribution < -0.4 is 0 Å². The van der Waals surface area contributed by atoms with Crippen molar-refractivity contribution in [2.75, 3.05) is 60.5 Å². The van der Waals surface area contributed by atoms with Crippen molar-refractivity contribution in [1.29, 1.82) is 0 Å². The smallest absolute Gasteiger partial charge is 0.347 e. The SMILES string of the molecule is C.C.C.C.C1CC2CC1C1C3CCC(C3)C21.C1CC2CCC1C2.CC(=O)OC1CCOC1=O.CC(=O)OC1CCOC1=O.CCC(C)(C)C(=O)OC.CCC(C)(C)C(=O)OC.CCC(C)(C)C(=O)OC12CC3CC(C1)CC(C(=O)OC1CCOC1=O)(C3)C2.CCC(C)(C)C(=O)OC1CCCOC1=O.CCC(C)(C)C(=O)OCC1CCOC1=O.CCC1(C)CC(C)(C)OC1=O.CCC1(C)CCOC1=O. The van der Waals surface area contributed by atoms with Crippen molar-refractivity contribution in [3.05, 3.63) is 0 Å². The lowest BCUT2D eigenvalue weighted by Gasteiger charge is -2.60. The van der Waals surface area contributed by atoms with Crippen LogP contribution in [-0.4, -0.2) is 186 Å². The van der Waals surface area contributed by atoms with Gasteiger partial charge in [0.1, 0.15) is 17.8 Å². The molecule has 0 aromatic carbocycles.